The molecule has 0 amide bonds. The van der Waals surface area contributed by atoms with E-state index in [-0.39, 0.29) is 0 Å². The average Bonchev–Trinajstić information content (AvgIpc) is 3.15. The fourth-order valence-electron chi connectivity index (χ4n) is 2.37. The Morgan fingerprint density at radius 1 is 1.28 bits per heavy atom. The van der Waals surface area contributed by atoms with E-state index in [0.29, 0.717) is 12.0 Å². The minimum atomic E-state index is 0.554. The first-order chi connectivity index (χ1) is 8.65. The maximum absolute atomic E-state index is 5.44. The lowest BCUT2D eigenvalue weighted by Crippen LogP contribution is -2.25. The summed E-state index contributed by atoms with van der Waals surface area (Å²) in [5, 5.41) is 3.50. The first-order valence-electron chi connectivity index (χ1n) is 6.61. The normalized spacial score (nSPS) is 22.1. The summed E-state index contributed by atoms with van der Waals surface area (Å²) in [6, 6.07) is 6.61. The minimum Gasteiger partial charge on any atom is -0.497 e. The van der Waals surface area contributed by atoms with Gasteiger partial charge in [0.1, 0.15) is 11.5 Å². The van der Waals surface area contributed by atoms with Gasteiger partial charge in [-0.15, -0.1) is 0 Å². The largest absolute Gasteiger partial charge is 0.497 e. The van der Waals surface area contributed by atoms with E-state index in [4.69, 9.17) is 9.47 Å². The Balaban J connectivity index is 2.05. The van der Waals surface area contributed by atoms with Crippen molar-refractivity contribution in [2.45, 2.75) is 32.2 Å². The van der Waals surface area contributed by atoms with E-state index in [1.54, 1.807) is 14.2 Å². The van der Waals surface area contributed by atoms with Gasteiger partial charge in [-0.2, -0.15) is 0 Å². The molecule has 1 aliphatic carbocycles. The first kappa shape index (κ1) is 13.2. The second kappa shape index (κ2) is 5.61. The Labute approximate surface area is 109 Å². The number of hydrogen-bond donors (Lipinski definition) is 1. The van der Waals surface area contributed by atoms with Crippen LogP contribution in [0.15, 0.2) is 18.2 Å². The number of methoxy groups -OCH3 is 2. The molecule has 0 aromatic heterocycles. The van der Waals surface area contributed by atoms with Crippen LogP contribution in [0, 0.1) is 5.92 Å². The van der Waals surface area contributed by atoms with Crippen molar-refractivity contribution in [1.82, 2.24) is 5.32 Å². The third kappa shape index (κ3) is 2.96. The number of nitrogens with one attached hydrogen (secondary N) is 1. The van der Waals surface area contributed by atoms with E-state index in [9.17, 15) is 0 Å². The SMILES string of the molecule is COc1ccc(OC)c(C2CC2CNC(C)C)c1. The van der Waals surface area contributed by atoms with Crippen LogP contribution < -0.4 is 14.8 Å². The van der Waals surface area contributed by atoms with Gasteiger partial charge in [-0.3, -0.25) is 0 Å². The highest BCUT2D eigenvalue weighted by molar-refractivity contribution is 5.45. The molecule has 0 bridgehead atoms. The summed E-state index contributed by atoms with van der Waals surface area (Å²) in [6.45, 7) is 5.45. The van der Waals surface area contributed by atoms with Crippen LogP contribution in [0.3, 0.4) is 0 Å². The van der Waals surface area contributed by atoms with Crippen LogP contribution in [0.2, 0.25) is 0 Å². The lowest BCUT2D eigenvalue weighted by molar-refractivity contribution is 0.398. The molecule has 18 heavy (non-hydrogen) atoms. The molecule has 0 radical (unpaired) electrons. The summed E-state index contributed by atoms with van der Waals surface area (Å²) in [6.07, 6.45) is 1.24. The standard InChI is InChI=1S/C15H23NO2/c1-10(2)16-9-11-7-13(11)14-8-12(17-3)5-6-15(14)18-4/h5-6,8,10-11,13,16H,7,9H2,1-4H3. The van der Waals surface area contributed by atoms with Crippen molar-refractivity contribution in [3.63, 3.8) is 0 Å². The third-order valence-electron chi connectivity index (χ3n) is 3.55. The molecule has 2 atom stereocenters. The Morgan fingerprint density at radius 2 is 2.06 bits per heavy atom. The Bertz CT molecular complexity index is 403. The molecule has 2 rings (SSSR count). The summed E-state index contributed by atoms with van der Waals surface area (Å²) in [7, 11) is 3.44. The van der Waals surface area contributed by atoms with Crippen LogP contribution in [0.1, 0.15) is 31.7 Å². The highest BCUT2D eigenvalue weighted by Crippen LogP contribution is 2.50. The maximum atomic E-state index is 5.44. The molecule has 0 heterocycles. The van der Waals surface area contributed by atoms with Crippen molar-refractivity contribution in [1.29, 1.82) is 0 Å². The van der Waals surface area contributed by atoms with Gasteiger partial charge in [0.05, 0.1) is 14.2 Å². The summed E-state index contributed by atoms with van der Waals surface area (Å²) in [4.78, 5) is 0. The van der Waals surface area contributed by atoms with Crippen molar-refractivity contribution in [2.24, 2.45) is 5.92 Å². The molecule has 1 aromatic carbocycles. The Hall–Kier alpha value is -1.22. The second-order valence-corrected chi connectivity index (χ2v) is 5.27. The van der Waals surface area contributed by atoms with Gasteiger partial charge in [0, 0.05) is 11.6 Å². The Kier molecular flexibility index (Phi) is 4.12. The van der Waals surface area contributed by atoms with Gasteiger partial charge in [-0.1, -0.05) is 13.8 Å². The van der Waals surface area contributed by atoms with E-state index in [2.05, 4.69) is 25.2 Å². The fraction of sp³-hybridized carbons (Fsp3) is 0.600. The van der Waals surface area contributed by atoms with Gasteiger partial charge in [0.2, 0.25) is 0 Å². The van der Waals surface area contributed by atoms with Gasteiger partial charge < -0.3 is 14.8 Å². The molecule has 1 aliphatic rings. The molecule has 0 spiro atoms. The second-order valence-electron chi connectivity index (χ2n) is 5.27. The topological polar surface area (TPSA) is 30.5 Å². The van der Waals surface area contributed by atoms with Gasteiger partial charge in [-0.25, -0.2) is 0 Å². The van der Waals surface area contributed by atoms with Crippen LogP contribution in [-0.4, -0.2) is 26.8 Å². The van der Waals surface area contributed by atoms with E-state index in [1.165, 1.54) is 12.0 Å². The molecule has 1 saturated carbocycles. The van der Waals surface area contributed by atoms with Crippen molar-refractivity contribution < 1.29 is 9.47 Å². The van der Waals surface area contributed by atoms with Gasteiger partial charge >= 0.3 is 0 Å². The smallest absolute Gasteiger partial charge is 0.122 e. The van der Waals surface area contributed by atoms with Crippen molar-refractivity contribution >= 4 is 0 Å². The van der Waals surface area contributed by atoms with Crippen LogP contribution in [0.4, 0.5) is 0 Å². The summed E-state index contributed by atoms with van der Waals surface area (Å²) >= 11 is 0. The van der Waals surface area contributed by atoms with Crippen molar-refractivity contribution in [3.05, 3.63) is 23.8 Å². The monoisotopic (exact) mass is 249 g/mol. The molecule has 1 aromatic rings. The van der Waals surface area contributed by atoms with Crippen LogP contribution in [-0.2, 0) is 0 Å². The van der Waals surface area contributed by atoms with Crippen LogP contribution >= 0.6 is 0 Å². The summed E-state index contributed by atoms with van der Waals surface area (Å²) < 4.78 is 10.7. The zero-order valence-corrected chi connectivity index (χ0v) is 11.7. The highest BCUT2D eigenvalue weighted by Gasteiger charge is 2.39. The Morgan fingerprint density at radius 3 is 2.67 bits per heavy atom. The van der Waals surface area contributed by atoms with Crippen molar-refractivity contribution in [3.8, 4) is 11.5 Å². The van der Waals surface area contributed by atoms with E-state index < -0.39 is 0 Å². The molecule has 3 nitrogen and oxygen atoms in total. The zero-order chi connectivity index (χ0) is 13.1. The number of hydrogen-bond acceptors (Lipinski definition) is 3. The van der Waals surface area contributed by atoms with Gasteiger partial charge in [0.25, 0.3) is 0 Å². The van der Waals surface area contributed by atoms with E-state index in [1.807, 2.05) is 12.1 Å². The molecule has 1 fully saturated rings. The average molecular weight is 249 g/mol. The zero-order valence-electron chi connectivity index (χ0n) is 11.7. The molecule has 100 valence electrons. The molecule has 0 saturated heterocycles. The molecule has 3 heteroatoms. The summed E-state index contributed by atoms with van der Waals surface area (Å²) in [5.41, 5.74) is 1.28. The molecule has 0 aliphatic heterocycles. The van der Waals surface area contributed by atoms with Crippen molar-refractivity contribution in [2.75, 3.05) is 20.8 Å². The number of ether oxygens (including phenoxy) is 2. The van der Waals surface area contributed by atoms with E-state index >= 15 is 0 Å². The quantitative estimate of drug-likeness (QED) is 0.841. The predicted octanol–water partition coefficient (Wildman–Crippen LogP) is 2.81. The molecule has 1 N–H and O–H groups in total. The lowest BCUT2D eigenvalue weighted by atomic mass is 10.1. The number of benzene rings is 1. The predicted molar refractivity (Wildman–Crippen MR) is 73.5 cm³/mol. The molecule has 2 unspecified atom stereocenters. The fourth-order valence-corrected chi connectivity index (χ4v) is 2.37. The summed E-state index contributed by atoms with van der Waals surface area (Å²) in [5.74, 6) is 3.23. The minimum absolute atomic E-state index is 0.554. The van der Waals surface area contributed by atoms with Crippen LogP contribution in [0.5, 0.6) is 11.5 Å². The number of rotatable bonds is 6. The molecular weight excluding hydrogens is 226 g/mol. The van der Waals surface area contributed by atoms with Crippen LogP contribution in [0.25, 0.3) is 0 Å². The maximum Gasteiger partial charge on any atom is 0.122 e. The van der Waals surface area contributed by atoms with Gasteiger partial charge in [-0.05, 0) is 43.0 Å². The van der Waals surface area contributed by atoms with Gasteiger partial charge in [0.15, 0.2) is 0 Å². The van der Waals surface area contributed by atoms with E-state index in [0.717, 1.165) is 24.0 Å². The highest BCUT2D eigenvalue weighted by atomic mass is 16.5. The first-order valence-corrected chi connectivity index (χ1v) is 6.61. The molecular formula is C15H23NO2. The lowest BCUT2D eigenvalue weighted by Gasteiger charge is -2.11. The third-order valence-corrected chi connectivity index (χ3v) is 3.55.